The molecule has 19 heavy (non-hydrogen) atoms. The number of ketones is 1. The van der Waals surface area contributed by atoms with E-state index in [1.54, 1.807) is 24.3 Å². The lowest BCUT2D eigenvalue weighted by atomic mass is 9.77. The van der Waals surface area contributed by atoms with E-state index in [1.165, 1.54) is 6.21 Å². The number of rotatable bonds is 2. The first kappa shape index (κ1) is 13.3. The molecule has 1 aliphatic rings. The van der Waals surface area contributed by atoms with Crippen molar-refractivity contribution in [3.05, 3.63) is 35.6 Å². The maximum absolute atomic E-state index is 12.0. The van der Waals surface area contributed by atoms with Gasteiger partial charge in [0, 0.05) is 24.7 Å². The molecule has 0 spiro atoms. The molecular weight excluding hydrogens is 240 g/mol. The number of carbonyl (C=O) groups excluding carboxylic acids is 1. The molecule has 0 saturated heterocycles. The van der Waals surface area contributed by atoms with Crippen LogP contribution in [0, 0.1) is 5.41 Å². The van der Waals surface area contributed by atoms with Crippen LogP contribution in [0.25, 0.3) is 0 Å². The molecule has 0 bridgehead atoms. The summed E-state index contributed by atoms with van der Waals surface area (Å²) in [6.07, 6.45) is 2.36. The average Bonchev–Trinajstić information content (AvgIpc) is 2.26. The van der Waals surface area contributed by atoms with E-state index in [2.05, 4.69) is 4.99 Å². The van der Waals surface area contributed by atoms with Crippen LogP contribution in [0.4, 0.5) is 11.4 Å². The minimum Gasteiger partial charge on any atom is -0.511 e. The van der Waals surface area contributed by atoms with Gasteiger partial charge >= 0.3 is 0 Å². The Morgan fingerprint density at radius 2 is 2.11 bits per heavy atom. The van der Waals surface area contributed by atoms with E-state index in [4.69, 9.17) is 5.73 Å². The molecule has 0 radical (unpaired) electrons. The molecule has 1 aromatic carbocycles. The molecule has 0 unspecified atom stereocenters. The zero-order valence-electron chi connectivity index (χ0n) is 11.2. The highest BCUT2D eigenvalue weighted by atomic mass is 16.3. The third-order valence-electron chi connectivity index (χ3n) is 3.11. The molecule has 0 amide bonds. The Kier molecular flexibility index (Phi) is 3.42. The molecule has 4 heteroatoms. The Morgan fingerprint density at radius 1 is 1.37 bits per heavy atom. The van der Waals surface area contributed by atoms with Crippen LogP contribution in [-0.2, 0) is 4.79 Å². The smallest absolute Gasteiger partial charge is 0.168 e. The Hall–Kier alpha value is -2.10. The minimum absolute atomic E-state index is 0.0681. The first-order valence-electron chi connectivity index (χ1n) is 6.22. The molecule has 2 rings (SSSR count). The molecule has 0 saturated carbocycles. The summed E-state index contributed by atoms with van der Waals surface area (Å²) >= 11 is 0. The number of aliphatic hydroxyl groups is 1. The number of benzene rings is 1. The van der Waals surface area contributed by atoms with Crippen molar-refractivity contribution in [3.8, 4) is 0 Å². The topological polar surface area (TPSA) is 75.7 Å². The number of nitrogens with two attached hydrogens (primary N) is 1. The highest BCUT2D eigenvalue weighted by molar-refractivity contribution is 6.14. The van der Waals surface area contributed by atoms with Crippen molar-refractivity contribution in [1.82, 2.24) is 0 Å². The molecule has 0 aliphatic heterocycles. The summed E-state index contributed by atoms with van der Waals surface area (Å²) in [5.41, 5.74) is 7.06. The number of anilines is 1. The second-order valence-corrected chi connectivity index (χ2v) is 5.65. The predicted molar refractivity (Wildman–Crippen MR) is 76.7 cm³/mol. The largest absolute Gasteiger partial charge is 0.511 e. The van der Waals surface area contributed by atoms with E-state index < -0.39 is 0 Å². The van der Waals surface area contributed by atoms with E-state index in [0.29, 0.717) is 29.8 Å². The number of hydrogen-bond acceptors (Lipinski definition) is 4. The van der Waals surface area contributed by atoms with Crippen LogP contribution in [0.15, 0.2) is 40.6 Å². The summed E-state index contributed by atoms with van der Waals surface area (Å²) in [6, 6.07) is 7.07. The molecule has 1 aliphatic carbocycles. The van der Waals surface area contributed by atoms with Crippen LogP contribution in [-0.4, -0.2) is 17.1 Å². The van der Waals surface area contributed by atoms with Crippen molar-refractivity contribution < 1.29 is 9.90 Å². The molecule has 4 nitrogen and oxygen atoms in total. The number of carbonyl (C=O) groups is 1. The lowest BCUT2D eigenvalue weighted by Gasteiger charge is -2.28. The van der Waals surface area contributed by atoms with Gasteiger partial charge < -0.3 is 10.8 Å². The van der Waals surface area contributed by atoms with Gasteiger partial charge in [-0.3, -0.25) is 9.79 Å². The van der Waals surface area contributed by atoms with Gasteiger partial charge in [0.25, 0.3) is 0 Å². The number of aliphatic hydroxyl groups excluding tert-OH is 1. The quantitative estimate of drug-likeness (QED) is 0.632. The molecule has 0 fully saturated rings. The fourth-order valence-electron chi connectivity index (χ4n) is 2.19. The minimum atomic E-state index is -0.185. The van der Waals surface area contributed by atoms with Gasteiger partial charge in [0.1, 0.15) is 5.76 Å². The van der Waals surface area contributed by atoms with E-state index in [9.17, 15) is 9.90 Å². The summed E-state index contributed by atoms with van der Waals surface area (Å²) in [5, 5.41) is 9.95. The Bertz CT molecular complexity index is 571. The standard InChI is InChI=1S/C15H18N2O2/c1-15(2)7-13(18)12(14(19)8-15)9-17-11-5-3-4-10(16)6-11/h3-6,9,18H,7-8,16H2,1-2H3. The van der Waals surface area contributed by atoms with Crippen LogP contribution in [0.3, 0.4) is 0 Å². The highest BCUT2D eigenvalue weighted by Crippen LogP contribution is 2.35. The summed E-state index contributed by atoms with van der Waals surface area (Å²) in [4.78, 5) is 16.2. The molecule has 0 aromatic heterocycles. The first-order chi connectivity index (χ1) is 8.87. The van der Waals surface area contributed by atoms with E-state index in [-0.39, 0.29) is 17.0 Å². The second-order valence-electron chi connectivity index (χ2n) is 5.65. The van der Waals surface area contributed by atoms with Crippen molar-refractivity contribution in [1.29, 1.82) is 0 Å². The van der Waals surface area contributed by atoms with Crippen LogP contribution >= 0.6 is 0 Å². The fraction of sp³-hybridized carbons (Fsp3) is 0.333. The number of aliphatic imine (C=N–C) groups is 1. The zero-order valence-corrected chi connectivity index (χ0v) is 11.2. The predicted octanol–water partition coefficient (Wildman–Crippen LogP) is 3.17. The average molecular weight is 258 g/mol. The molecule has 1 aromatic rings. The molecule has 0 heterocycles. The highest BCUT2D eigenvalue weighted by Gasteiger charge is 2.32. The third-order valence-corrected chi connectivity index (χ3v) is 3.11. The van der Waals surface area contributed by atoms with Gasteiger partial charge in [0.05, 0.1) is 11.3 Å². The van der Waals surface area contributed by atoms with Crippen LogP contribution in [0.2, 0.25) is 0 Å². The Morgan fingerprint density at radius 3 is 2.74 bits per heavy atom. The third kappa shape index (κ3) is 3.22. The lowest BCUT2D eigenvalue weighted by Crippen LogP contribution is -2.26. The SMILES string of the molecule is CC1(C)CC(=O)C(C=Nc2cccc(N)c2)=C(O)C1. The van der Waals surface area contributed by atoms with Crippen LogP contribution in [0.1, 0.15) is 26.7 Å². The molecular formula is C15H18N2O2. The van der Waals surface area contributed by atoms with Crippen molar-refractivity contribution in [2.45, 2.75) is 26.7 Å². The molecule has 0 atom stereocenters. The number of nitrogens with zero attached hydrogens (tertiary/aromatic N) is 1. The van der Waals surface area contributed by atoms with Gasteiger partial charge in [0.2, 0.25) is 0 Å². The molecule has 100 valence electrons. The van der Waals surface area contributed by atoms with Crippen molar-refractivity contribution >= 4 is 23.4 Å². The van der Waals surface area contributed by atoms with E-state index in [0.717, 1.165) is 0 Å². The van der Waals surface area contributed by atoms with E-state index >= 15 is 0 Å². The van der Waals surface area contributed by atoms with Gasteiger partial charge in [-0.05, 0) is 23.6 Å². The first-order valence-corrected chi connectivity index (χ1v) is 6.22. The monoisotopic (exact) mass is 258 g/mol. The van der Waals surface area contributed by atoms with Gasteiger partial charge in [-0.2, -0.15) is 0 Å². The number of hydrogen-bond donors (Lipinski definition) is 2. The zero-order chi connectivity index (χ0) is 14.0. The van der Waals surface area contributed by atoms with Crippen LogP contribution < -0.4 is 5.73 Å². The Labute approximate surface area is 112 Å². The number of allylic oxidation sites excluding steroid dienone is 2. The van der Waals surface area contributed by atoms with Crippen molar-refractivity contribution in [2.75, 3.05) is 5.73 Å². The number of nitrogen functional groups attached to an aromatic ring is 1. The normalized spacial score (nSPS) is 19.2. The number of Topliss-reactive ketones (excluding diaryl/α,β-unsaturated/α-hetero) is 1. The van der Waals surface area contributed by atoms with Gasteiger partial charge in [0.15, 0.2) is 5.78 Å². The van der Waals surface area contributed by atoms with E-state index in [1.807, 2.05) is 13.8 Å². The van der Waals surface area contributed by atoms with Crippen LogP contribution in [0.5, 0.6) is 0 Å². The Balaban J connectivity index is 2.25. The summed E-state index contributed by atoms with van der Waals surface area (Å²) in [5.74, 6) is 0.0512. The van der Waals surface area contributed by atoms with Gasteiger partial charge in [-0.25, -0.2) is 0 Å². The fourth-order valence-corrected chi connectivity index (χ4v) is 2.19. The maximum Gasteiger partial charge on any atom is 0.168 e. The summed E-state index contributed by atoms with van der Waals surface area (Å²) in [6.45, 7) is 3.93. The van der Waals surface area contributed by atoms with Crippen molar-refractivity contribution in [2.24, 2.45) is 10.4 Å². The molecule has 3 N–H and O–H groups in total. The van der Waals surface area contributed by atoms with Gasteiger partial charge in [-0.1, -0.05) is 19.9 Å². The lowest BCUT2D eigenvalue weighted by molar-refractivity contribution is -0.117. The van der Waals surface area contributed by atoms with Gasteiger partial charge in [-0.15, -0.1) is 0 Å². The second kappa shape index (κ2) is 4.88. The maximum atomic E-state index is 12.0. The van der Waals surface area contributed by atoms with Crippen molar-refractivity contribution in [3.63, 3.8) is 0 Å². The summed E-state index contributed by atoms with van der Waals surface area (Å²) < 4.78 is 0. The summed E-state index contributed by atoms with van der Waals surface area (Å²) in [7, 11) is 0.